The Morgan fingerprint density at radius 1 is 0.750 bits per heavy atom. The fraction of sp³-hybridized carbons (Fsp3) is 0.840. The number of carbonyl (C=O) groups excluding carboxylic acids is 2. The molecule has 0 aliphatic rings. The molecule has 0 aromatic carbocycles. The van der Waals surface area contributed by atoms with Gasteiger partial charge in [-0.2, -0.15) is 15.2 Å². The van der Waals surface area contributed by atoms with Gasteiger partial charge in [-0.1, -0.05) is 25.0 Å². The van der Waals surface area contributed by atoms with Crippen LogP contribution in [0.4, 0.5) is 0 Å². The van der Waals surface area contributed by atoms with Gasteiger partial charge in [-0.05, 0) is 58.4 Å². The third-order valence-corrected chi connectivity index (χ3v) is 5.96. The summed E-state index contributed by atoms with van der Waals surface area (Å²) in [5.41, 5.74) is 5.41. The number of aliphatic hydroxyl groups excluding tert-OH is 3. The van der Waals surface area contributed by atoms with E-state index in [4.69, 9.17) is 10.8 Å². The van der Waals surface area contributed by atoms with Gasteiger partial charge < -0.3 is 47.3 Å². The van der Waals surface area contributed by atoms with E-state index < -0.39 is 18.7 Å². The first-order valence-electron chi connectivity index (χ1n) is 13.9. The van der Waals surface area contributed by atoms with Crippen LogP contribution in [0.5, 0.6) is 0 Å². The molecule has 2 amide bonds. The molecule has 0 rings (SSSR count). The largest absolute Gasteiger partial charge is 0.377 e. The molecule has 0 bridgehead atoms. The Hall–Kier alpha value is -1.20. The van der Waals surface area contributed by atoms with Crippen molar-refractivity contribution in [1.82, 2.24) is 25.8 Å². The number of hydroxylamine groups is 6. The summed E-state index contributed by atoms with van der Waals surface area (Å²) in [5, 5.41) is 66.0. The van der Waals surface area contributed by atoms with Crippen LogP contribution in [0.25, 0.3) is 0 Å². The Balaban J connectivity index is 0. The maximum Gasteiger partial charge on any atom is 0.220 e. The number of hydrogen-bond donors (Lipinski definition) is 9. The van der Waals surface area contributed by atoms with E-state index in [1.54, 1.807) is 12.2 Å². The second-order valence-corrected chi connectivity index (χ2v) is 9.48. The van der Waals surface area contributed by atoms with E-state index in [-0.39, 0.29) is 67.7 Å². The topological polar surface area (TPSA) is 215 Å². The van der Waals surface area contributed by atoms with Crippen LogP contribution in [0.2, 0.25) is 0 Å². The van der Waals surface area contributed by atoms with E-state index in [1.807, 2.05) is 0 Å². The van der Waals surface area contributed by atoms with Gasteiger partial charge in [-0.15, -0.1) is 0 Å². The van der Waals surface area contributed by atoms with Crippen LogP contribution in [0.3, 0.4) is 0 Å². The van der Waals surface area contributed by atoms with Crippen LogP contribution in [0, 0.1) is 0 Å². The van der Waals surface area contributed by atoms with Crippen molar-refractivity contribution in [1.29, 1.82) is 0 Å². The first kappa shape index (κ1) is 40.9. The summed E-state index contributed by atoms with van der Waals surface area (Å²) in [6.07, 6.45) is 5.56. The minimum absolute atomic E-state index is 0. The standard InChI is InChI=1S/C25H52N6O8.Fe/c1-21(32)29(37)18-9-3-6-16-27-22(33)12-14-25(36)31(39)20-10-4-7-17-28-23(34)11-13-24(35)30(38)19-8-2-5-15-26;/h4,7,21,24-25,32,35-39H,2-3,5-6,8-20,26H2,1H3,(H,27,33)(H,28,34);/b7-4-;. The second-order valence-electron chi connectivity index (χ2n) is 9.48. The Morgan fingerprint density at radius 2 is 1.27 bits per heavy atom. The Kier molecular flexibility index (Phi) is 27.3. The van der Waals surface area contributed by atoms with E-state index in [0.29, 0.717) is 45.4 Å². The van der Waals surface area contributed by atoms with Crippen molar-refractivity contribution in [2.45, 2.75) is 96.2 Å². The van der Waals surface area contributed by atoms with Crippen LogP contribution in [-0.4, -0.2) is 116 Å². The van der Waals surface area contributed by atoms with E-state index in [2.05, 4.69) is 10.6 Å². The second kappa shape index (κ2) is 26.7. The van der Waals surface area contributed by atoms with Gasteiger partial charge in [0, 0.05) is 62.6 Å². The maximum atomic E-state index is 11.9. The van der Waals surface area contributed by atoms with Crippen LogP contribution in [0.15, 0.2) is 12.2 Å². The monoisotopic (exact) mass is 620 g/mol. The number of amides is 2. The van der Waals surface area contributed by atoms with Crippen LogP contribution in [-0.2, 0) is 26.7 Å². The molecule has 3 unspecified atom stereocenters. The number of nitrogens with one attached hydrogen (secondary N) is 2. The first-order chi connectivity index (χ1) is 18.6. The average molecular weight is 621 g/mol. The molecule has 14 nitrogen and oxygen atoms in total. The molecule has 0 aliphatic carbocycles. The summed E-state index contributed by atoms with van der Waals surface area (Å²) < 4.78 is 0. The SMILES string of the molecule is CC(O)N(O)CCCCCNC(=O)CCC(O)N(O)CC/C=C\CNC(=O)CCC(O)N(O)CCCCCN.[Fe]. The van der Waals surface area contributed by atoms with E-state index >= 15 is 0 Å². The molecule has 10 N–H and O–H groups in total. The minimum atomic E-state index is -1.18. The molecule has 15 heteroatoms. The molecule has 238 valence electrons. The van der Waals surface area contributed by atoms with Gasteiger partial charge in [0.2, 0.25) is 11.8 Å². The van der Waals surface area contributed by atoms with Crippen LogP contribution < -0.4 is 16.4 Å². The smallest absolute Gasteiger partial charge is 0.220 e. The minimum Gasteiger partial charge on any atom is -0.377 e. The third kappa shape index (κ3) is 23.5. The molecule has 0 heterocycles. The molecular formula is C25H52FeN6O8. The van der Waals surface area contributed by atoms with Gasteiger partial charge in [0.25, 0.3) is 0 Å². The van der Waals surface area contributed by atoms with E-state index in [0.717, 1.165) is 40.9 Å². The molecule has 3 atom stereocenters. The molecule has 0 aromatic heterocycles. The predicted molar refractivity (Wildman–Crippen MR) is 144 cm³/mol. The summed E-state index contributed by atoms with van der Waals surface area (Å²) in [6.45, 7) is 3.60. The average Bonchev–Trinajstić information content (AvgIpc) is 2.91. The number of nitrogens with two attached hydrogens (primary N) is 1. The molecule has 0 saturated heterocycles. The fourth-order valence-corrected chi connectivity index (χ4v) is 3.46. The number of rotatable bonds is 25. The molecule has 0 fully saturated rings. The number of nitrogens with zero attached hydrogens (tertiary/aromatic N) is 3. The Bertz CT molecular complexity index is 665. The zero-order chi connectivity index (χ0) is 29.5. The number of unbranched alkanes of at least 4 members (excludes halogenated alkanes) is 4. The molecule has 0 aliphatic heterocycles. The Labute approximate surface area is 248 Å². The number of carbonyl (C=O) groups is 2. The van der Waals surface area contributed by atoms with Crippen molar-refractivity contribution in [2.24, 2.45) is 5.73 Å². The van der Waals surface area contributed by atoms with Gasteiger partial charge in [0.1, 0.15) is 18.7 Å². The number of aliphatic hydroxyl groups is 3. The van der Waals surface area contributed by atoms with Crippen LogP contribution >= 0.6 is 0 Å². The van der Waals surface area contributed by atoms with Crippen molar-refractivity contribution in [3.8, 4) is 0 Å². The van der Waals surface area contributed by atoms with Crippen molar-refractivity contribution >= 4 is 11.8 Å². The summed E-state index contributed by atoms with van der Waals surface area (Å²) in [7, 11) is 0. The Morgan fingerprint density at radius 3 is 1.85 bits per heavy atom. The van der Waals surface area contributed by atoms with Crippen molar-refractivity contribution in [3.63, 3.8) is 0 Å². The van der Waals surface area contributed by atoms with E-state index in [9.17, 15) is 35.4 Å². The molecule has 40 heavy (non-hydrogen) atoms. The van der Waals surface area contributed by atoms with Gasteiger partial charge in [-0.25, -0.2) is 0 Å². The summed E-state index contributed by atoms with van der Waals surface area (Å²) in [6, 6.07) is 0. The molecule has 0 saturated carbocycles. The normalized spacial score (nSPS) is 14.0. The summed E-state index contributed by atoms with van der Waals surface area (Å²) in [5.74, 6) is -0.492. The summed E-state index contributed by atoms with van der Waals surface area (Å²) in [4.78, 5) is 23.8. The first-order valence-corrected chi connectivity index (χ1v) is 13.9. The molecule has 0 spiro atoms. The van der Waals surface area contributed by atoms with Crippen molar-refractivity contribution in [3.05, 3.63) is 12.2 Å². The fourth-order valence-electron chi connectivity index (χ4n) is 3.46. The molecular weight excluding hydrogens is 568 g/mol. The van der Waals surface area contributed by atoms with Gasteiger partial charge in [0.15, 0.2) is 0 Å². The maximum absolute atomic E-state index is 11.9. The molecule has 0 aromatic rings. The third-order valence-electron chi connectivity index (χ3n) is 5.96. The quantitative estimate of drug-likeness (QED) is 0.0218. The van der Waals surface area contributed by atoms with Gasteiger partial charge >= 0.3 is 0 Å². The van der Waals surface area contributed by atoms with Crippen molar-refractivity contribution in [2.75, 3.05) is 39.3 Å². The zero-order valence-electron chi connectivity index (χ0n) is 23.7. The van der Waals surface area contributed by atoms with Gasteiger partial charge in [-0.3, -0.25) is 9.59 Å². The van der Waals surface area contributed by atoms with E-state index in [1.165, 1.54) is 6.92 Å². The zero-order valence-corrected chi connectivity index (χ0v) is 24.8. The summed E-state index contributed by atoms with van der Waals surface area (Å²) >= 11 is 0. The predicted octanol–water partition coefficient (Wildman–Crippen LogP) is 0.0710. The van der Waals surface area contributed by atoms with Crippen LogP contribution in [0.1, 0.15) is 77.6 Å². The van der Waals surface area contributed by atoms with Crippen molar-refractivity contribution < 1.29 is 57.6 Å². The molecule has 0 radical (unpaired) electrons. The van der Waals surface area contributed by atoms with Gasteiger partial charge in [0.05, 0.1) is 0 Å². The number of hydrogen-bond acceptors (Lipinski definition) is 12.